The molecule has 0 spiro atoms. The van der Waals surface area contributed by atoms with Gasteiger partial charge in [-0.05, 0) is 18.6 Å². The van der Waals surface area contributed by atoms with E-state index in [2.05, 4.69) is 15.7 Å². The fourth-order valence-electron chi connectivity index (χ4n) is 1.78. The number of carbonyl (C=O) groups is 1. The Morgan fingerprint density at radius 3 is 2.83 bits per heavy atom. The second kappa shape index (κ2) is 6.99. The Morgan fingerprint density at radius 2 is 2.17 bits per heavy atom. The van der Waals surface area contributed by atoms with Crippen LogP contribution < -0.4 is 16.2 Å². The molecule has 2 heterocycles. The lowest BCUT2D eigenvalue weighted by Gasteiger charge is -2.10. The second-order valence-corrected chi connectivity index (χ2v) is 4.63. The molecule has 0 aliphatic rings. The number of hydrogen-bond acceptors (Lipinski definition) is 3. The highest BCUT2D eigenvalue weighted by Gasteiger charge is 2.31. The van der Waals surface area contributed by atoms with Crippen LogP contribution in [0.1, 0.15) is 12.0 Å². The molecule has 10 heteroatoms. The van der Waals surface area contributed by atoms with Crippen LogP contribution in [0.2, 0.25) is 0 Å². The van der Waals surface area contributed by atoms with Crippen molar-refractivity contribution >= 4 is 11.7 Å². The van der Waals surface area contributed by atoms with E-state index in [0.717, 1.165) is 0 Å². The van der Waals surface area contributed by atoms with Crippen LogP contribution in [0.25, 0.3) is 0 Å². The van der Waals surface area contributed by atoms with Gasteiger partial charge in [-0.1, -0.05) is 0 Å². The number of aromatic amines is 1. The van der Waals surface area contributed by atoms with E-state index in [-0.39, 0.29) is 6.54 Å². The van der Waals surface area contributed by atoms with Gasteiger partial charge in [0.15, 0.2) is 0 Å². The molecule has 0 bridgehead atoms. The number of hydrogen-bond donors (Lipinski definition) is 3. The van der Waals surface area contributed by atoms with Crippen LogP contribution in [-0.4, -0.2) is 27.3 Å². The predicted molar refractivity (Wildman–Crippen MR) is 75.9 cm³/mol. The maximum Gasteiger partial charge on any atom is 0.417 e. The van der Waals surface area contributed by atoms with Crippen molar-refractivity contribution in [2.45, 2.75) is 19.1 Å². The van der Waals surface area contributed by atoms with Gasteiger partial charge in [0.25, 0.3) is 5.56 Å². The minimum absolute atomic E-state index is 0.280. The highest BCUT2D eigenvalue weighted by atomic mass is 19.4. The lowest BCUT2D eigenvalue weighted by molar-refractivity contribution is -0.137. The van der Waals surface area contributed by atoms with Crippen LogP contribution in [0.15, 0.2) is 35.5 Å². The van der Waals surface area contributed by atoms with Crippen LogP contribution >= 0.6 is 0 Å². The first-order valence-electron chi connectivity index (χ1n) is 6.68. The molecule has 0 fully saturated rings. The third-order valence-electron chi connectivity index (χ3n) is 2.89. The largest absolute Gasteiger partial charge is 0.417 e. The molecule has 0 aliphatic carbocycles. The first-order chi connectivity index (χ1) is 10.9. The molecule has 0 atom stereocenters. The normalized spacial score (nSPS) is 11.3. The Balaban J connectivity index is 1.86. The highest BCUT2D eigenvalue weighted by Crippen LogP contribution is 2.28. The van der Waals surface area contributed by atoms with Crippen molar-refractivity contribution in [3.63, 3.8) is 0 Å². The summed E-state index contributed by atoms with van der Waals surface area (Å²) in [4.78, 5) is 25.0. The summed E-state index contributed by atoms with van der Waals surface area (Å²) in [5.74, 6) is 0. The van der Waals surface area contributed by atoms with Crippen LogP contribution in [0, 0.1) is 0 Å². The molecule has 2 amide bonds. The van der Waals surface area contributed by atoms with E-state index in [1.807, 2.05) is 4.98 Å². The van der Waals surface area contributed by atoms with Gasteiger partial charge < -0.3 is 15.6 Å². The monoisotopic (exact) mass is 329 g/mol. The molecule has 0 aliphatic heterocycles. The number of aromatic nitrogens is 3. The number of carbonyl (C=O) groups excluding carboxylic acids is 1. The van der Waals surface area contributed by atoms with Gasteiger partial charge in [-0.25, -0.2) is 4.79 Å². The molecule has 3 N–H and O–H groups in total. The molecular formula is C13H14F3N5O2. The van der Waals surface area contributed by atoms with Crippen molar-refractivity contribution in [2.75, 3.05) is 11.9 Å². The average molecular weight is 329 g/mol. The van der Waals surface area contributed by atoms with Crippen molar-refractivity contribution in [1.82, 2.24) is 20.1 Å². The first-order valence-corrected chi connectivity index (χ1v) is 6.68. The molecule has 2 aromatic heterocycles. The smallest absolute Gasteiger partial charge is 0.338 e. The van der Waals surface area contributed by atoms with E-state index in [4.69, 9.17) is 0 Å². The van der Waals surface area contributed by atoms with E-state index >= 15 is 0 Å². The molecule has 0 saturated carbocycles. The quantitative estimate of drug-likeness (QED) is 0.731. The molecule has 0 aromatic carbocycles. The molecule has 0 radical (unpaired) electrons. The number of rotatable bonds is 5. The fourth-order valence-corrected chi connectivity index (χ4v) is 1.78. The number of halogens is 3. The summed E-state index contributed by atoms with van der Waals surface area (Å²) in [5.41, 5.74) is -2.33. The van der Waals surface area contributed by atoms with Gasteiger partial charge in [-0.2, -0.15) is 18.3 Å². The first kappa shape index (κ1) is 16.6. The zero-order valence-electron chi connectivity index (χ0n) is 11.9. The maximum atomic E-state index is 12.6. The third-order valence-corrected chi connectivity index (χ3v) is 2.89. The molecule has 0 saturated heterocycles. The zero-order chi connectivity index (χ0) is 16.9. The summed E-state index contributed by atoms with van der Waals surface area (Å²) in [6.45, 7) is 0.861. The fraction of sp³-hybridized carbons (Fsp3) is 0.308. The number of pyridine rings is 1. The van der Waals surface area contributed by atoms with Crippen LogP contribution in [0.3, 0.4) is 0 Å². The summed E-state index contributed by atoms with van der Waals surface area (Å²) in [7, 11) is 0. The van der Waals surface area contributed by atoms with E-state index in [1.54, 1.807) is 23.1 Å². The summed E-state index contributed by atoms with van der Waals surface area (Å²) >= 11 is 0. The van der Waals surface area contributed by atoms with Crippen molar-refractivity contribution in [3.8, 4) is 0 Å². The molecule has 0 unspecified atom stereocenters. The van der Waals surface area contributed by atoms with Gasteiger partial charge in [0.2, 0.25) is 0 Å². The minimum atomic E-state index is -4.61. The van der Waals surface area contributed by atoms with E-state index in [9.17, 15) is 22.8 Å². The van der Waals surface area contributed by atoms with Gasteiger partial charge in [-0.15, -0.1) is 0 Å². The number of nitrogens with one attached hydrogen (secondary N) is 3. The number of aryl methyl sites for hydroxylation is 1. The molecule has 124 valence electrons. The van der Waals surface area contributed by atoms with Crippen molar-refractivity contribution in [1.29, 1.82) is 0 Å². The summed E-state index contributed by atoms with van der Waals surface area (Å²) < 4.78 is 39.4. The van der Waals surface area contributed by atoms with E-state index < -0.39 is 29.0 Å². The van der Waals surface area contributed by atoms with Crippen molar-refractivity contribution < 1.29 is 18.0 Å². The SMILES string of the molecule is O=C(NCCCn1cccn1)Nc1cc(C(F)(F)F)c[nH]c1=O. The standard InChI is InChI=1S/C13H14F3N5O2/c14-13(15,16)9-7-10(11(22)18-8-9)20-12(23)17-3-1-5-21-6-2-4-19-21/h2,4,6-8H,1,3,5H2,(H,18,22)(H2,17,20,23). The van der Waals surface area contributed by atoms with Gasteiger partial charge in [-0.3, -0.25) is 9.48 Å². The van der Waals surface area contributed by atoms with Gasteiger partial charge in [0, 0.05) is 31.7 Å². The van der Waals surface area contributed by atoms with Crippen LogP contribution in [0.5, 0.6) is 0 Å². The Morgan fingerprint density at radius 1 is 1.39 bits per heavy atom. The zero-order valence-corrected chi connectivity index (χ0v) is 11.9. The Bertz CT molecular complexity index is 709. The number of urea groups is 1. The Hall–Kier alpha value is -2.78. The average Bonchev–Trinajstić information content (AvgIpc) is 2.98. The lowest BCUT2D eigenvalue weighted by Crippen LogP contribution is -2.32. The number of amides is 2. The van der Waals surface area contributed by atoms with Gasteiger partial charge >= 0.3 is 12.2 Å². The van der Waals surface area contributed by atoms with Crippen LogP contribution in [0.4, 0.5) is 23.7 Å². The second-order valence-electron chi connectivity index (χ2n) is 4.63. The van der Waals surface area contributed by atoms with Gasteiger partial charge in [0.05, 0.1) is 5.56 Å². The van der Waals surface area contributed by atoms with Crippen LogP contribution in [-0.2, 0) is 12.7 Å². The Kier molecular flexibility index (Phi) is 5.04. The van der Waals surface area contributed by atoms with Crippen molar-refractivity contribution in [3.05, 3.63) is 46.6 Å². The minimum Gasteiger partial charge on any atom is -0.338 e. The van der Waals surface area contributed by atoms with E-state index in [1.165, 1.54) is 0 Å². The third kappa shape index (κ3) is 4.87. The number of H-pyrrole nitrogens is 1. The number of nitrogens with zero attached hydrogens (tertiary/aromatic N) is 2. The number of anilines is 1. The summed E-state index contributed by atoms with van der Waals surface area (Å²) in [6, 6.07) is 1.60. The molecule has 2 rings (SSSR count). The predicted octanol–water partition coefficient (Wildman–Crippen LogP) is 1.80. The van der Waals surface area contributed by atoms with E-state index in [0.29, 0.717) is 25.2 Å². The highest BCUT2D eigenvalue weighted by molar-refractivity contribution is 5.89. The molecule has 7 nitrogen and oxygen atoms in total. The molecule has 23 heavy (non-hydrogen) atoms. The lowest BCUT2D eigenvalue weighted by atomic mass is 10.2. The summed E-state index contributed by atoms with van der Waals surface area (Å²) in [6.07, 6.45) is -0.0906. The Labute approximate surface area is 128 Å². The number of alkyl halides is 3. The van der Waals surface area contributed by atoms with Crippen molar-refractivity contribution in [2.24, 2.45) is 0 Å². The topological polar surface area (TPSA) is 91.8 Å². The molecular weight excluding hydrogens is 315 g/mol. The maximum absolute atomic E-state index is 12.6. The summed E-state index contributed by atoms with van der Waals surface area (Å²) in [5, 5.41) is 8.54. The van der Waals surface area contributed by atoms with Gasteiger partial charge in [0.1, 0.15) is 5.69 Å². The molecule has 2 aromatic rings.